The van der Waals surface area contributed by atoms with Crippen LogP contribution in [0.3, 0.4) is 0 Å². The van der Waals surface area contributed by atoms with Crippen molar-refractivity contribution in [2.24, 2.45) is 5.92 Å². The summed E-state index contributed by atoms with van der Waals surface area (Å²) >= 11 is 0. The molecule has 0 amide bonds. The van der Waals surface area contributed by atoms with Crippen LogP contribution in [0.5, 0.6) is 17.2 Å². The fourth-order valence-corrected chi connectivity index (χ4v) is 3.59. The van der Waals surface area contributed by atoms with Gasteiger partial charge in [-0.05, 0) is 61.1 Å². The third kappa shape index (κ3) is 7.62. The highest BCUT2D eigenvalue weighted by molar-refractivity contribution is 5.42. The average Bonchev–Trinajstić information content (AvgIpc) is 2.74. The van der Waals surface area contributed by atoms with Gasteiger partial charge in [-0.15, -0.1) is 0 Å². The lowest BCUT2D eigenvalue weighted by atomic mass is 9.88. The lowest BCUT2D eigenvalue weighted by Gasteiger charge is -2.18. The van der Waals surface area contributed by atoms with Gasteiger partial charge in [-0.2, -0.15) is 0 Å². The first kappa shape index (κ1) is 23.1. The van der Waals surface area contributed by atoms with E-state index in [1.54, 1.807) is 14.2 Å². The van der Waals surface area contributed by atoms with Crippen LogP contribution in [0.4, 0.5) is 0 Å². The van der Waals surface area contributed by atoms with Gasteiger partial charge < -0.3 is 19.5 Å². The molecule has 2 aromatic rings. The molecule has 2 aromatic carbocycles. The van der Waals surface area contributed by atoms with Crippen LogP contribution in [0, 0.1) is 5.92 Å². The van der Waals surface area contributed by atoms with E-state index in [1.807, 2.05) is 13.0 Å². The van der Waals surface area contributed by atoms with Crippen molar-refractivity contribution in [3.63, 3.8) is 0 Å². The monoisotopic (exact) mass is 400 g/mol. The summed E-state index contributed by atoms with van der Waals surface area (Å²) in [6, 6.07) is 14.8. The highest BCUT2D eigenvalue weighted by atomic mass is 16.5. The maximum absolute atomic E-state index is 5.61. The molecule has 0 saturated carbocycles. The van der Waals surface area contributed by atoms with Crippen molar-refractivity contribution in [2.75, 3.05) is 27.4 Å². The molecule has 0 fully saturated rings. The number of methoxy groups -OCH3 is 2. The van der Waals surface area contributed by atoms with Gasteiger partial charge in [0.15, 0.2) is 11.5 Å². The molecule has 0 aliphatic rings. The third-order valence-electron chi connectivity index (χ3n) is 5.31. The van der Waals surface area contributed by atoms with E-state index in [0.717, 1.165) is 36.3 Å². The Kier molecular flexibility index (Phi) is 9.85. The predicted molar refractivity (Wildman–Crippen MR) is 119 cm³/mol. The van der Waals surface area contributed by atoms with Gasteiger partial charge in [-0.1, -0.05) is 32.4 Å². The average molecular weight is 401 g/mol. The van der Waals surface area contributed by atoms with Crippen LogP contribution < -0.4 is 19.5 Å². The first-order valence-corrected chi connectivity index (χ1v) is 10.8. The first-order chi connectivity index (χ1) is 14.1. The Morgan fingerprint density at radius 1 is 0.862 bits per heavy atom. The molecular formula is C25H38NO3+. The lowest BCUT2D eigenvalue weighted by Crippen LogP contribution is -2.82. The number of hydrogen-bond donors (Lipinski definition) is 1. The van der Waals surface area contributed by atoms with Crippen molar-refractivity contribution in [3.05, 3.63) is 53.6 Å². The summed E-state index contributed by atoms with van der Waals surface area (Å²) in [6.07, 6.45) is 3.66. The zero-order valence-corrected chi connectivity index (χ0v) is 18.7. The minimum atomic E-state index is 0.592. The molecule has 0 radical (unpaired) electrons. The topological polar surface area (TPSA) is 44.3 Å². The van der Waals surface area contributed by atoms with Crippen LogP contribution in [0.25, 0.3) is 0 Å². The van der Waals surface area contributed by atoms with E-state index in [9.17, 15) is 0 Å². The summed E-state index contributed by atoms with van der Waals surface area (Å²) < 4.78 is 16.4. The lowest BCUT2D eigenvalue weighted by molar-refractivity contribution is -0.671. The predicted octanol–water partition coefficient (Wildman–Crippen LogP) is 4.78. The van der Waals surface area contributed by atoms with Crippen LogP contribution >= 0.6 is 0 Å². The Morgan fingerprint density at radius 2 is 1.62 bits per heavy atom. The quantitative estimate of drug-likeness (QED) is 0.492. The zero-order chi connectivity index (χ0) is 21.1. The van der Waals surface area contributed by atoms with Crippen molar-refractivity contribution >= 4 is 0 Å². The number of rotatable bonds is 13. The molecule has 1 atom stereocenters. The molecule has 0 heterocycles. The zero-order valence-electron chi connectivity index (χ0n) is 18.7. The minimum absolute atomic E-state index is 0.592. The normalized spacial score (nSPS) is 12.1. The van der Waals surface area contributed by atoms with Crippen molar-refractivity contribution in [2.45, 2.75) is 52.5 Å². The second kappa shape index (κ2) is 12.4. The van der Waals surface area contributed by atoms with E-state index in [1.165, 1.54) is 30.4 Å². The highest BCUT2D eigenvalue weighted by Crippen LogP contribution is 2.29. The summed E-state index contributed by atoms with van der Waals surface area (Å²) in [6.45, 7) is 9.28. The number of nitrogens with two attached hydrogens (primary N) is 1. The van der Waals surface area contributed by atoms with E-state index < -0.39 is 0 Å². The van der Waals surface area contributed by atoms with Crippen LogP contribution in [0.15, 0.2) is 42.5 Å². The Labute approximate surface area is 176 Å². The van der Waals surface area contributed by atoms with E-state index in [2.05, 4.69) is 55.6 Å². The summed E-state index contributed by atoms with van der Waals surface area (Å²) in [5, 5.41) is 2.39. The minimum Gasteiger partial charge on any atom is -0.497 e. The maximum Gasteiger partial charge on any atom is 0.161 e. The molecule has 2 rings (SSSR count). The largest absolute Gasteiger partial charge is 0.497 e. The molecule has 29 heavy (non-hydrogen) atoms. The maximum atomic E-state index is 5.61. The summed E-state index contributed by atoms with van der Waals surface area (Å²) in [7, 11) is 3.41. The van der Waals surface area contributed by atoms with Crippen molar-refractivity contribution in [3.8, 4) is 17.2 Å². The highest BCUT2D eigenvalue weighted by Gasteiger charge is 2.14. The second-order valence-corrected chi connectivity index (χ2v) is 7.93. The van der Waals surface area contributed by atoms with Crippen LogP contribution in [-0.4, -0.2) is 27.4 Å². The van der Waals surface area contributed by atoms with Crippen molar-refractivity contribution < 1.29 is 19.5 Å². The molecule has 0 aromatic heterocycles. The third-order valence-corrected chi connectivity index (χ3v) is 5.31. The molecule has 0 bridgehead atoms. The van der Waals surface area contributed by atoms with Crippen LogP contribution in [-0.2, 0) is 6.54 Å². The van der Waals surface area contributed by atoms with Gasteiger partial charge in [-0.3, -0.25) is 0 Å². The molecule has 0 aliphatic carbocycles. The molecule has 4 heteroatoms. The molecule has 4 nitrogen and oxygen atoms in total. The SMILES string of the molecule is CCOc1ccc(C[NH2+]CC[C@@H](CCC(C)C)c2ccc(OC)cc2)cc1OC. The summed E-state index contributed by atoms with van der Waals surface area (Å²) in [5.74, 6) is 3.87. The van der Waals surface area contributed by atoms with Gasteiger partial charge >= 0.3 is 0 Å². The van der Waals surface area contributed by atoms with E-state index in [0.29, 0.717) is 12.5 Å². The molecular weight excluding hydrogens is 362 g/mol. The van der Waals surface area contributed by atoms with Gasteiger partial charge in [0, 0.05) is 12.0 Å². The van der Waals surface area contributed by atoms with Crippen molar-refractivity contribution in [1.29, 1.82) is 0 Å². The number of benzene rings is 2. The Hall–Kier alpha value is -2.20. The first-order valence-electron chi connectivity index (χ1n) is 10.8. The number of ether oxygens (including phenoxy) is 3. The Balaban J connectivity index is 1.91. The standard InChI is InChI=1S/C25H37NO3/c1-6-29-24-14-8-20(17-25(24)28-5)18-26-16-15-22(9-7-19(2)3)21-10-12-23(27-4)13-11-21/h8,10-14,17,19,22,26H,6-7,9,15-16,18H2,1-5H3/p+1/t22-/m1/s1. The van der Waals surface area contributed by atoms with Crippen LogP contribution in [0.1, 0.15) is 57.1 Å². The second-order valence-electron chi connectivity index (χ2n) is 7.93. The molecule has 2 N–H and O–H groups in total. The Bertz CT molecular complexity index is 713. The van der Waals surface area contributed by atoms with Gasteiger partial charge in [0.05, 0.1) is 27.4 Å². The summed E-state index contributed by atoms with van der Waals surface area (Å²) in [4.78, 5) is 0. The summed E-state index contributed by atoms with van der Waals surface area (Å²) in [5.41, 5.74) is 2.68. The fraction of sp³-hybridized carbons (Fsp3) is 0.520. The van der Waals surface area contributed by atoms with E-state index >= 15 is 0 Å². The van der Waals surface area contributed by atoms with E-state index in [4.69, 9.17) is 14.2 Å². The molecule has 0 spiro atoms. The van der Waals surface area contributed by atoms with Gasteiger partial charge in [0.1, 0.15) is 12.3 Å². The van der Waals surface area contributed by atoms with Gasteiger partial charge in [0.25, 0.3) is 0 Å². The fourth-order valence-electron chi connectivity index (χ4n) is 3.59. The van der Waals surface area contributed by atoms with Crippen molar-refractivity contribution in [1.82, 2.24) is 0 Å². The molecule has 0 aliphatic heterocycles. The molecule has 0 saturated heterocycles. The van der Waals surface area contributed by atoms with Gasteiger partial charge in [0.2, 0.25) is 0 Å². The van der Waals surface area contributed by atoms with Gasteiger partial charge in [-0.25, -0.2) is 0 Å². The number of quaternary nitrogens is 1. The van der Waals surface area contributed by atoms with E-state index in [-0.39, 0.29) is 0 Å². The Morgan fingerprint density at radius 3 is 2.24 bits per heavy atom. The number of hydrogen-bond acceptors (Lipinski definition) is 3. The molecule has 0 unspecified atom stereocenters. The van der Waals surface area contributed by atoms with Crippen LogP contribution in [0.2, 0.25) is 0 Å². The molecule has 160 valence electrons. The smallest absolute Gasteiger partial charge is 0.161 e.